The molecule has 0 atom stereocenters. The third-order valence-corrected chi connectivity index (χ3v) is 4.89. The molecule has 0 saturated heterocycles. The number of carbonyl (C=O) groups excluding carboxylic acids is 1. The minimum atomic E-state index is -0.426. The summed E-state index contributed by atoms with van der Waals surface area (Å²) >= 11 is 6.40. The minimum absolute atomic E-state index is 0.133. The predicted molar refractivity (Wildman–Crippen MR) is 117 cm³/mol. The number of benzene rings is 2. The second-order valence-electron chi connectivity index (χ2n) is 6.89. The molecule has 2 heterocycles. The van der Waals surface area contributed by atoms with Crippen LogP contribution in [0.4, 0.5) is 10.1 Å². The van der Waals surface area contributed by atoms with Crippen LogP contribution in [-0.4, -0.2) is 20.7 Å². The number of aromatic nitrogens is 3. The first-order valence-electron chi connectivity index (χ1n) is 9.44. The van der Waals surface area contributed by atoms with Crippen LogP contribution in [0.2, 0.25) is 5.15 Å². The van der Waals surface area contributed by atoms with Gasteiger partial charge in [0, 0.05) is 6.07 Å². The van der Waals surface area contributed by atoms with Gasteiger partial charge in [-0.1, -0.05) is 29.3 Å². The predicted octanol–water partition coefficient (Wildman–Crippen LogP) is 5.72. The molecule has 156 valence electrons. The Morgan fingerprint density at radius 1 is 1.03 bits per heavy atom. The van der Waals surface area contributed by atoms with Crippen LogP contribution in [0.15, 0.2) is 66.9 Å². The number of ether oxygens (including phenoxy) is 1. The quantitative estimate of drug-likeness (QED) is 0.434. The van der Waals surface area contributed by atoms with Gasteiger partial charge < -0.3 is 10.1 Å². The molecule has 2 aromatic carbocycles. The highest BCUT2D eigenvalue weighted by Gasteiger charge is 2.21. The van der Waals surface area contributed by atoms with Crippen molar-refractivity contribution in [3.8, 4) is 17.3 Å². The lowest BCUT2D eigenvalue weighted by Crippen LogP contribution is -2.13. The highest BCUT2D eigenvalue weighted by Crippen LogP contribution is 2.25. The highest BCUT2D eigenvalue weighted by atomic mass is 35.5. The van der Waals surface area contributed by atoms with E-state index in [4.69, 9.17) is 16.3 Å². The zero-order valence-corrected chi connectivity index (χ0v) is 17.5. The first-order valence-corrected chi connectivity index (χ1v) is 9.81. The first-order chi connectivity index (χ1) is 14.9. The molecule has 1 N–H and O–H groups in total. The summed E-state index contributed by atoms with van der Waals surface area (Å²) in [6.45, 7) is 3.68. The lowest BCUT2D eigenvalue weighted by molar-refractivity contribution is 0.102. The van der Waals surface area contributed by atoms with E-state index in [0.29, 0.717) is 28.7 Å². The molecular weight excluding hydrogens is 419 g/mol. The number of amides is 1. The van der Waals surface area contributed by atoms with Gasteiger partial charge in [-0.15, -0.1) is 0 Å². The lowest BCUT2D eigenvalue weighted by atomic mass is 10.2. The lowest BCUT2D eigenvalue weighted by Gasteiger charge is -2.08. The van der Waals surface area contributed by atoms with E-state index in [9.17, 15) is 9.18 Å². The number of hydrogen-bond acceptors (Lipinski definition) is 4. The summed E-state index contributed by atoms with van der Waals surface area (Å²) in [6.07, 6.45) is 1.50. The van der Waals surface area contributed by atoms with Crippen LogP contribution in [0.5, 0.6) is 11.6 Å². The normalized spacial score (nSPS) is 10.7. The van der Waals surface area contributed by atoms with E-state index in [1.54, 1.807) is 19.1 Å². The number of rotatable bonds is 5. The molecule has 8 heteroatoms. The molecule has 4 rings (SSSR count). The number of aryl methyl sites for hydroxylation is 2. The summed E-state index contributed by atoms with van der Waals surface area (Å²) in [5.41, 5.74) is 2.83. The van der Waals surface area contributed by atoms with E-state index in [2.05, 4.69) is 15.4 Å². The van der Waals surface area contributed by atoms with Gasteiger partial charge in [0.2, 0.25) is 5.88 Å². The highest BCUT2D eigenvalue weighted by molar-refractivity contribution is 6.34. The van der Waals surface area contributed by atoms with E-state index in [1.807, 2.05) is 31.2 Å². The average molecular weight is 437 g/mol. The van der Waals surface area contributed by atoms with Gasteiger partial charge in [-0.05, 0) is 56.3 Å². The van der Waals surface area contributed by atoms with Crippen LogP contribution < -0.4 is 10.1 Å². The van der Waals surface area contributed by atoms with E-state index in [0.717, 1.165) is 5.56 Å². The van der Waals surface area contributed by atoms with E-state index in [-0.39, 0.29) is 16.5 Å². The van der Waals surface area contributed by atoms with Gasteiger partial charge >= 0.3 is 0 Å². The van der Waals surface area contributed by atoms with Gasteiger partial charge in [-0.2, -0.15) is 5.10 Å². The van der Waals surface area contributed by atoms with Gasteiger partial charge in [0.25, 0.3) is 5.91 Å². The number of pyridine rings is 1. The molecule has 6 nitrogen and oxygen atoms in total. The summed E-state index contributed by atoms with van der Waals surface area (Å²) in [6, 6.07) is 16.6. The maximum atomic E-state index is 13.2. The Hall–Kier alpha value is -3.71. The number of nitrogens with zero attached hydrogens (tertiary/aromatic N) is 3. The van der Waals surface area contributed by atoms with Crippen LogP contribution in [0, 0.1) is 19.7 Å². The van der Waals surface area contributed by atoms with Gasteiger partial charge in [0.1, 0.15) is 22.3 Å². The van der Waals surface area contributed by atoms with Gasteiger partial charge in [-0.3, -0.25) is 4.79 Å². The number of halogens is 2. The molecule has 0 aliphatic heterocycles. The summed E-state index contributed by atoms with van der Waals surface area (Å²) in [7, 11) is 0. The Kier molecular flexibility index (Phi) is 5.68. The first kappa shape index (κ1) is 20.6. The third kappa shape index (κ3) is 4.57. The van der Waals surface area contributed by atoms with Crippen molar-refractivity contribution < 1.29 is 13.9 Å². The van der Waals surface area contributed by atoms with Crippen LogP contribution in [0.3, 0.4) is 0 Å². The monoisotopic (exact) mass is 436 g/mol. The SMILES string of the molecule is Cc1ccc(Oc2ccc(NC(=O)c3c(C)nn(-c4ccc(F)cc4)c3Cl)cn2)cc1. The molecule has 0 fully saturated rings. The van der Waals surface area contributed by atoms with E-state index in [1.165, 1.54) is 35.1 Å². The average Bonchev–Trinajstić information content (AvgIpc) is 3.06. The van der Waals surface area contributed by atoms with Crippen LogP contribution in [0.1, 0.15) is 21.6 Å². The number of carbonyl (C=O) groups is 1. The molecule has 0 bridgehead atoms. The number of hydrogen-bond donors (Lipinski definition) is 1. The van der Waals surface area contributed by atoms with Crippen molar-refractivity contribution in [3.63, 3.8) is 0 Å². The smallest absolute Gasteiger partial charge is 0.260 e. The van der Waals surface area contributed by atoms with E-state index < -0.39 is 5.91 Å². The molecule has 0 radical (unpaired) electrons. The molecular formula is C23H18ClFN4O2. The Morgan fingerprint density at radius 3 is 2.39 bits per heavy atom. The zero-order valence-electron chi connectivity index (χ0n) is 16.8. The Labute approximate surface area is 183 Å². The van der Waals surface area contributed by atoms with Gasteiger partial charge in [0.05, 0.1) is 23.3 Å². The molecule has 0 aliphatic carbocycles. The fourth-order valence-electron chi connectivity index (χ4n) is 2.95. The van der Waals surface area contributed by atoms with E-state index >= 15 is 0 Å². The number of nitrogens with one attached hydrogen (secondary N) is 1. The zero-order chi connectivity index (χ0) is 22.0. The Morgan fingerprint density at radius 2 is 1.74 bits per heavy atom. The standard InChI is InChI=1S/C23H18ClFN4O2/c1-14-3-10-19(11-4-14)31-20-12-7-17(13-26-20)27-23(30)21-15(2)28-29(22(21)24)18-8-5-16(25)6-9-18/h3-13H,1-2H3,(H,27,30). The molecule has 0 spiro atoms. The van der Waals surface area contributed by atoms with Crippen molar-refractivity contribution in [2.75, 3.05) is 5.32 Å². The fraction of sp³-hybridized carbons (Fsp3) is 0.0870. The van der Waals surface area contributed by atoms with Crippen LogP contribution in [-0.2, 0) is 0 Å². The largest absolute Gasteiger partial charge is 0.439 e. The third-order valence-electron chi connectivity index (χ3n) is 4.54. The molecule has 1 amide bonds. The Bertz CT molecular complexity index is 1220. The van der Waals surface area contributed by atoms with Crippen molar-refractivity contribution in [1.82, 2.24) is 14.8 Å². The molecule has 2 aromatic heterocycles. The van der Waals surface area contributed by atoms with Crippen molar-refractivity contribution in [1.29, 1.82) is 0 Å². The topological polar surface area (TPSA) is 69.0 Å². The molecule has 31 heavy (non-hydrogen) atoms. The van der Waals surface area contributed by atoms with Gasteiger partial charge in [0.15, 0.2) is 0 Å². The second kappa shape index (κ2) is 8.57. The summed E-state index contributed by atoms with van der Waals surface area (Å²) in [5, 5.41) is 7.20. The van der Waals surface area contributed by atoms with Crippen molar-refractivity contribution in [2.24, 2.45) is 0 Å². The second-order valence-corrected chi connectivity index (χ2v) is 7.25. The van der Waals surface area contributed by atoms with Crippen LogP contribution in [0.25, 0.3) is 5.69 Å². The summed E-state index contributed by atoms with van der Waals surface area (Å²) in [5.74, 6) is 0.277. The van der Waals surface area contributed by atoms with Crippen molar-refractivity contribution >= 4 is 23.2 Å². The summed E-state index contributed by atoms with van der Waals surface area (Å²) < 4.78 is 20.3. The van der Waals surface area contributed by atoms with Crippen molar-refractivity contribution in [3.05, 3.63) is 94.7 Å². The maximum absolute atomic E-state index is 13.2. The molecule has 0 unspecified atom stereocenters. The van der Waals surface area contributed by atoms with Crippen LogP contribution >= 0.6 is 11.6 Å². The summed E-state index contributed by atoms with van der Waals surface area (Å²) in [4.78, 5) is 17.0. The fourth-order valence-corrected chi connectivity index (χ4v) is 3.30. The molecule has 0 saturated carbocycles. The molecule has 4 aromatic rings. The van der Waals surface area contributed by atoms with Gasteiger partial charge in [-0.25, -0.2) is 14.1 Å². The number of anilines is 1. The van der Waals surface area contributed by atoms with Crippen molar-refractivity contribution in [2.45, 2.75) is 13.8 Å². The Balaban J connectivity index is 1.49. The minimum Gasteiger partial charge on any atom is -0.439 e. The maximum Gasteiger partial charge on any atom is 0.260 e. The molecule has 0 aliphatic rings.